The molecule has 2 N–H and O–H groups in total. The summed E-state index contributed by atoms with van der Waals surface area (Å²) >= 11 is 0. The first kappa shape index (κ1) is 21.5. The summed E-state index contributed by atoms with van der Waals surface area (Å²) < 4.78 is 5.61. The van der Waals surface area contributed by atoms with Gasteiger partial charge in [0.15, 0.2) is 0 Å². The van der Waals surface area contributed by atoms with Gasteiger partial charge in [-0.05, 0) is 49.8 Å². The highest BCUT2D eigenvalue weighted by Gasteiger charge is 2.26. The van der Waals surface area contributed by atoms with Crippen LogP contribution in [0.4, 0.5) is 5.95 Å². The number of carbonyl (C=O) groups excluding carboxylic acids is 1. The number of piperidine rings is 1. The summed E-state index contributed by atoms with van der Waals surface area (Å²) in [7, 11) is 0. The predicted molar refractivity (Wildman–Crippen MR) is 123 cm³/mol. The summed E-state index contributed by atoms with van der Waals surface area (Å²) in [6, 6.07) is 6.25. The molecule has 170 valence electrons. The van der Waals surface area contributed by atoms with E-state index in [1.54, 1.807) is 6.20 Å². The quantitative estimate of drug-likeness (QED) is 0.513. The molecule has 0 radical (unpaired) electrons. The highest BCUT2D eigenvalue weighted by atomic mass is 16.5. The molecule has 1 fully saturated rings. The number of unbranched alkanes of at least 4 members (excludes halogenated alkanes) is 1. The molecule has 10 heteroatoms. The van der Waals surface area contributed by atoms with Crippen LogP contribution in [0, 0.1) is 11.3 Å². The van der Waals surface area contributed by atoms with Gasteiger partial charge < -0.3 is 19.9 Å². The van der Waals surface area contributed by atoms with Crippen molar-refractivity contribution >= 4 is 22.9 Å². The molecule has 1 aliphatic heterocycles. The maximum absolute atomic E-state index is 12.3. The molecular formula is C22H30N8O2. The van der Waals surface area contributed by atoms with Gasteiger partial charge in [-0.25, -0.2) is 4.98 Å². The maximum atomic E-state index is 12.3. The number of rotatable bonds is 8. The van der Waals surface area contributed by atoms with Crippen LogP contribution in [0.1, 0.15) is 57.6 Å². The number of nitrogens with one attached hydrogen (secondary N) is 2. The summed E-state index contributed by atoms with van der Waals surface area (Å²) in [6.45, 7) is 4.13. The molecule has 4 heterocycles. The van der Waals surface area contributed by atoms with Gasteiger partial charge in [0.05, 0.1) is 12.7 Å². The van der Waals surface area contributed by atoms with Crippen LogP contribution < -0.4 is 15.0 Å². The lowest BCUT2D eigenvalue weighted by atomic mass is 9.89. The lowest BCUT2D eigenvalue weighted by molar-refractivity contribution is 0.0943. The summed E-state index contributed by atoms with van der Waals surface area (Å²) in [6.07, 6.45) is 6.67. The van der Waals surface area contributed by atoms with Crippen LogP contribution in [-0.4, -0.2) is 57.1 Å². The number of hydrogen-bond donors (Lipinski definition) is 2. The van der Waals surface area contributed by atoms with Crippen molar-refractivity contribution in [3.63, 3.8) is 0 Å². The minimum Gasteiger partial charge on any atom is -0.463 e. The maximum Gasteiger partial charge on any atom is 0.321 e. The topological polar surface area (TPSA) is 133 Å². The minimum atomic E-state index is -0.362. The summed E-state index contributed by atoms with van der Waals surface area (Å²) in [5.74, 6) is 0.530. The Kier molecular flexibility index (Phi) is 6.75. The van der Waals surface area contributed by atoms with Crippen molar-refractivity contribution in [3.05, 3.63) is 35.9 Å². The first-order chi connectivity index (χ1) is 15.7. The number of ether oxygens (including phenoxy) is 1. The van der Waals surface area contributed by atoms with E-state index < -0.39 is 0 Å². The number of carbonyl (C=O) groups is 1. The van der Waals surface area contributed by atoms with E-state index in [2.05, 4.69) is 53.5 Å². The van der Waals surface area contributed by atoms with Crippen LogP contribution in [-0.2, 0) is 0 Å². The molecule has 4 rings (SSSR count). The van der Waals surface area contributed by atoms with E-state index >= 15 is 0 Å². The average molecular weight is 439 g/mol. The SMILES string of the molecule is CCNC(=O)c1nc(OCCCC#N)nc(N2CCC(c3c[nH]c4ncccc34)CC2)n1.[HH].[HH]. The van der Waals surface area contributed by atoms with Crippen LogP contribution in [0.5, 0.6) is 6.01 Å². The predicted octanol–water partition coefficient (Wildman–Crippen LogP) is 3.06. The standard InChI is InChI=1S/C22H26N8O2.2H2/c1-2-24-20(31)19-27-21(29-22(28-19)32-13-4-3-9-23)30-11-7-15(8-12-30)17-14-26-18-16(17)6-5-10-25-18;;/h5-6,10,14-15H,2-4,7-8,11-13H2,1H3,(H,24,31)(H,25,26);2*1H. The van der Waals surface area contributed by atoms with E-state index in [1.165, 1.54) is 5.56 Å². The van der Waals surface area contributed by atoms with Gasteiger partial charge in [-0.15, -0.1) is 0 Å². The summed E-state index contributed by atoms with van der Waals surface area (Å²) in [5, 5.41) is 12.6. The zero-order valence-electron chi connectivity index (χ0n) is 18.0. The number of H-pyrrole nitrogens is 1. The van der Waals surface area contributed by atoms with Crippen LogP contribution >= 0.6 is 0 Å². The van der Waals surface area contributed by atoms with Crippen molar-refractivity contribution in [1.29, 1.82) is 5.26 Å². The van der Waals surface area contributed by atoms with Gasteiger partial charge in [-0.1, -0.05) is 0 Å². The molecule has 3 aromatic heterocycles. The van der Waals surface area contributed by atoms with Crippen LogP contribution in [0.3, 0.4) is 0 Å². The molecule has 1 aliphatic rings. The van der Waals surface area contributed by atoms with Crippen molar-refractivity contribution < 1.29 is 12.4 Å². The Morgan fingerprint density at radius 1 is 1.38 bits per heavy atom. The van der Waals surface area contributed by atoms with Crippen molar-refractivity contribution in [3.8, 4) is 12.1 Å². The number of fused-ring (bicyclic) bond motifs is 1. The lowest BCUT2D eigenvalue weighted by Crippen LogP contribution is -2.35. The third-order valence-electron chi connectivity index (χ3n) is 5.51. The zero-order chi connectivity index (χ0) is 22.3. The monoisotopic (exact) mass is 438 g/mol. The highest BCUT2D eigenvalue weighted by Crippen LogP contribution is 2.33. The van der Waals surface area contributed by atoms with E-state index in [9.17, 15) is 4.79 Å². The molecule has 32 heavy (non-hydrogen) atoms. The van der Waals surface area contributed by atoms with Crippen molar-refractivity contribution in [1.82, 2.24) is 30.2 Å². The number of aromatic amines is 1. The molecule has 1 amide bonds. The Morgan fingerprint density at radius 2 is 2.22 bits per heavy atom. The number of aromatic nitrogens is 5. The van der Waals surface area contributed by atoms with Gasteiger partial charge in [0.25, 0.3) is 5.91 Å². The molecule has 0 aromatic carbocycles. The third kappa shape index (κ3) is 4.77. The molecule has 10 nitrogen and oxygen atoms in total. The molecule has 0 unspecified atom stereocenters. The van der Waals surface area contributed by atoms with Gasteiger partial charge >= 0.3 is 6.01 Å². The van der Waals surface area contributed by atoms with E-state index in [1.807, 2.05) is 13.0 Å². The van der Waals surface area contributed by atoms with E-state index in [0.29, 0.717) is 37.9 Å². The molecule has 0 spiro atoms. The van der Waals surface area contributed by atoms with Crippen LogP contribution in [0.25, 0.3) is 11.0 Å². The van der Waals surface area contributed by atoms with Crippen LogP contribution in [0.15, 0.2) is 24.5 Å². The van der Waals surface area contributed by atoms with Crippen molar-refractivity contribution in [2.24, 2.45) is 0 Å². The highest BCUT2D eigenvalue weighted by molar-refractivity contribution is 5.90. The third-order valence-corrected chi connectivity index (χ3v) is 5.51. The first-order valence-corrected chi connectivity index (χ1v) is 10.9. The number of pyridine rings is 1. The molecule has 1 saturated heterocycles. The second-order valence-corrected chi connectivity index (χ2v) is 7.62. The number of nitriles is 1. The average Bonchev–Trinajstić information content (AvgIpc) is 3.26. The van der Waals surface area contributed by atoms with Gasteiger partial charge in [0.1, 0.15) is 5.65 Å². The number of anilines is 1. The number of amides is 1. The largest absolute Gasteiger partial charge is 0.463 e. The number of hydrogen-bond acceptors (Lipinski definition) is 8. The van der Waals surface area contributed by atoms with E-state index in [0.717, 1.165) is 37.0 Å². The molecular weight excluding hydrogens is 408 g/mol. The molecule has 0 atom stereocenters. The minimum absolute atomic E-state index is 0. The normalized spacial score (nSPS) is 14.3. The Balaban J connectivity index is 0.00000204. The fraction of sp³-hybridized carbons (Fsp3) is 0.455. The first-order valence-electron chi connectivity index (χ1n) is 10.9. The molecule has 0 saturated carbocycles. The molecule has 0 bridgehead atoms. The Bertz CT molecular complexity index is 1130. The van der Waals surface area contributed by atoms with Gasteiger partial charge in [-0.3, -0.25) is 4.79 Å². The van der Waals surface area contributed by atoms with Crippen molar-refractivity contribution in [2.45, 2.75) is 38.5 Å². The smallest absolute Gasteiger partial charge is 0.321 e. The Morgan fingerprint density at radius 3 is 3.00 bits per heavy atom. The van der Waals surface area contributed by atoms with E-state index in [4.69, 9.17) is 10.00 Å². The fourth-order valence-electron chi connectivity index (χ4n) is 3.91. The van der Waals surface area contributed by atoms with E-state index in [-0.39, 0.29) is 20.6 Å². The lowest BCUT2D eigenvalue weighted by Gasteiger charge is -2.32. The van der Waals surface area contributed by atoms with Gasteiger partial charge in [0.2, 0.25) is 11.8 Å². The summed E-state index contributed by atoms with van der Waals surface area (Å²) in [5.41, 5.74) is 2.19. The summed E-state index contributed by atoms with van der Waals surface area (Å²) in [4.78, 5) is 35.1. The Labute approximate surface area is 189 Å². The van der Waals surface area contributed by atoms with Crippen molar-refractivity contribution in [2.75, 3.05) is 31.1 Å². The second kappa shape index (κ2) is 10.0. The van der Waals surface area contributed by atoms with Gasteiger partial charge in [0, 0.05) is 46.7 Å². The Hall–Kier alpha value is -3.74. The fourth-order valence-corrected chi connectivity index (χ4v) is 3.91. The molecule has 0 aliphatic carbocycles. The number of nitrogens with zero attached hydrogens (tertiary/aromatic N) is 6. The van der Waals surface area contributed by atoms with Gasteiger partial charge in [-0.2, -0.15) is 20.2 Å². The second-order valence-electron chi connectivity index (χ2n) is 7.62. The van der Waals surface area contributed by atoms with Crippen LogP contribution in [0.2, 0.25) is 0 Å². The zero-order valence-corrected chi connectivity index (χ0v) is 18.0. The molecule has 3 aromatic rings.